The molecule has 7 heteroatoms. The minimum absolute atomic E-state index is 0.264. The van der Waals surface area contributed by atoms with Crippen LogP contribution in [0.25, 0.3) is 0 Å². The highest BCUT2D eigenvalue weighted by atomic mass is 32.1. The summed E-state index contributed by atoms with van der Waals surface area (Å²) in [6.07, 6.45) is 7.78. The summed E-state index contributed by atoms with van der Waals surface area (Å²) in [6, 6.07) is 0.290. The van der Waals surface area contributed by atoms with Gasteiger partial charge < -0.3 is 15.5 Å². The molecule has 0 aromatic carbocycles. The van der Waals surface area contributed by atoms with Crippen molar-refractivity contribution in [3.63, 3.8) is 0 Å². The Kier molecular flexibility index (Phi) is 7.71. The summed E-state index contributed by atoms with van der Waals surface area (Å²) in [5.74, 6) is 1.50. The molecule has 1 aliphatic heterocycles. The first kappa shape index (κ1) is 21.1. The first-order valence-corrected chi connectivity index (χ1v) is 11.6. The van der Waals surface area contributed by atoms with Crippen LogP contribution in [0.5, 0.6) is 0 Å². The van der Waals surface area contributed by atoms with Crippen molar-refractivity contribution in [1.29, 1.82) is 0 Å². The van der Waals surface area contributed by atoms with Gasteiger partial charge in [-0.25, -0.2) is 4.98 Å². The van der Waals surface area contributed by atoms with Crippen LogP contribution in [-0.2, 0) is 11.2 Å². The topological polar surface area (TPSA) is 69.6 Å². The van der Waals surface area contributed by atoms with Crippen molar-refractivity contribution in [3.8, 4) is 0 Å². The fraction of sp³-hybridized carbons (Fsp3) is 0.762. The van der Waals surface area contributed by atoms with Crippen LogP contribution < -0.4 is 10.6 Å². The number of carbonyl (C=O) groups excluding carboxylic acids is 1. The van der Waals surface area contributed by atoms with Gasteiger partial charge in [0, 0.05) is 49.4 Å². The Morgan fingerprint density at radius 1 is 1.25 bits per heavy atom. The molecule has 1 amide bonds. The zero-order valence-electron chi connectivity index (χ0n) is 17.6. The zero-order chi connectivity index (χ0) is 19.9. The number of likely N-dealkylation sites (tertiary alicyclic amines) is 1. The second kappa shape index (κ2) is 10.2. The Balaban J connectivity index is 1.49. The lowest BCUT2D eigenvalue weighted by Gasteiger charge is -2.26. The van der Waals surface area contributed by atoms with E-state index in [-0.39, 0.29) is 12.0 Å². The molecule has 28 heavy (non-hydrogen) atoms. The predicted molar refractivity (Wildman–Crippen MR) is 116 cm³/mol. The van der Waals surface area contributed by atoms with Crippen LogP contribution in [0.3, 0.4) is 0 Å². The van der Waals surface area contributed by atoms with Gasteiger partial charge in [0.2, 0.25) is 5.91 Å². The molecule has 1 saturated carbocycles. The molecule has 2 heterocycles. The van der Waals surface area contributed by atoms with Gasteiger partial charge in [0.15, 0.2) is 5.96 Å². The maximum atomic E-state index is 12.8. The van der Waals surface area contributed by atoms with Crippen molar-refractivity contribution in [2.45, 2.75) is 71.8 Å². The molecule has 156 valence electrons. The van der Waals surface area contributed by atoms with E-state index in [0.717, 1.165) is 68.5 Å². The number of hydrogen-bond acceptors (Lipinski definition) is 4. The van der Waals surface area contributed by atoms with Crippen molar-refractivity contribution >= 4 is 23.2 Å². The van der Waals surface area contributed by atoms with E-state index in [4.69, 9.17) is 4.99 Å². The van der Waals surface area contributed by atoms with Crippen molar-refractivity contribution in [2.24, 2.45) is 10.9 Å². The lowest BCUT2D eigenvalue weighted by atomic mass is 9.88. The molecule has 0 radical (unpaired) electrons. The second-order valence-corrected chi connectivity index (χ2v) is 9.29. The molecule has 3 rings (SSSR count). The maximum absolute atomic E-state index is 12.8. The number of nitrogens with one attached hydrogen (secondary N) is 2. The molecule has 1 aromatic rings. The maximum Gasteiger partial charge on any atom is 0.225 e. The number of nitrogens with zero attached hydrogens (tertiary/aromatic N) is 3. The molecular formula is C21H35N5OS. The Bertz CT molecular complexity index is 680. The van der Waals surface area contributed by atoms with Gasteiger partial charge in [0.25, 0.3) is 0 Å². The van der Waals surface area contributed by atoms with Crippen LogP contribution in [-0.4, -0.2) is 54.0 Å². The molecule has 1 unspecified atom stereocenters. The number of aromatic nitrogens is 1. The van der Waals surface area contributed by atoms with Gasteiger partial charge in [0.1, 0.15) is 0 Å². The SMILES string of the molecule is CCNC(=NCCc1sc(C)nc1C)NC1CCN(C(=O)C2CCCCC2)C1. The van der Waals surface area contributed by atoms with E-state index in [2.05, 4.69) is 41.3 Å². The molecule has 2 fully saturated rings. The van der Waals surface area contributed by atoms with E-state index >= 15 is 0 Å². The summed E-state index contributed by atoms with van der Waals surface area (Å²) in [6.45, 7) is 9.45. The number of aryl methyl sites for hydroxylation is 2. The molecule has 2 N–H and O–H groups in total. The van der Waals surface area contributed by atoms with E-state index in [1.165, 1.54) is 24.1 Å². The zero-order valence-corrected chi connectivity index (χ0v) is 18.4. The minimum atomic E-state index is 0.264. The molecule has 1 aromatic heterocycles. The summed E-state index contributed by atoms with van der Waals surface area (Å²) in [4.78, 5) is 25.4. The smallest absolute Gasteiger partial charge is 0.225 e. The summed E-state index contributed by atoms with van der Waals surface area (Å²) < 4.78 is 0. The average molecular weight is 406 g/mol. The summed E-state index contributed by atoms with van der Waals surface area (Å²) in [7, 11) is 0. The molecule has 1 aliphatic carbocycles. The molecule has 0 spiro atoms. The Morgan fingerprint density at radius 3 is 2.71 bits per heavy atom. The van der Waals surface area contributed by atoms with E-state index in [1.54, 1.807) is 11.3 Å². The van der Waals surface area contributed by atoms with Crippen LogP contribution in [0.2, 0.25) is 0 Å². The minimum Gasteiger partial charge on any atom is -0.357 e. The quantitative estimate of drug-likeness (QED) is 0.564. The number of hydrogen-bond donors (Lipinski definition) is 2. The Labute approximate surface area is 173 Å². The van der Waals surface area contributed by atoms with Crippen molar-refractivity contribution < 1.29 is 4.79 Å². The van der Waals surface area contributed by atoms with Gasteiger partial charge in [0.05, 0.1) is 10.7 Å². The highest BCUT2D eigenvalue weighted by molar-refractivity contribution is 7.11. The second-order valence-electron chi connectivity index (χ2n) is 8.00. The van der Waals surface area contributed by atoms with Gasteiger partial charge in [-0.2, -0.15) is 0 Å². The number of aliphatic imine (C=N–C) groups is 1. The van der Waals surface area contributed by atoms with Gasteiger partial charge >= 0.3 is 0 Å². The molecule has 2 aliphatic rings. The third-order valence-electron chi connectivity index (χ3n) is 5.75. The van der Waals surface area contributed by atoms with Crippen LogP contribution >= 0.6 is 11.3 Å². The van der Waals surface area contributed by atoms with E-state index in [1.807, 2.05) is 0 Å². The lowest BCUT2D eigenvalue weighted by molar-refractivity contribution is -0.135. The van der Waals surface area contributed by atoms with Crippen LogP contribution in [0, 0.1) is 19.8 Å². The lowest BCUT2D eigenvalue weighted by Crippen LogP contribution is -2.45. The van der Waals surface area contributed by atoms with E-state index < -0.39 is 0 Å². The van der Waals surface area contributed by atoms with Crippen LogP contribution in [0.15, 0.2) is 4.99 Å². The van der Waals surface area contributed by atoms with Gasteiger partial charge in [-0.3, -0.25) is 9.79 Å². The highest BCUT2D eigenvalue weighted by Gasteiger charge is 2.31. The number of carbonyl (C=O) groups is 1. The van der Waals surface area contributed by atoms with Crippen LogP contribution in [0.1, 0.15) is 61.0 Å². The van der Waals surface area contributed by atoms with Crippen LogP contribution in [0.4, 0.5) is 0 Å². The molecule has 1 saturated heterocycles. The van der Waals surface area contributed by atoms with Gasteiger partial charge in [-0.15, -0.1) is 11.3 Å². The van der Waals surface area contributed by atoms with Gasteiger partial charge in [-0.1, -0.05) is 19.3 Å². The van der Waals surface area contributed by atoms with Crippen molar-refractivity contribution in [2.75, 3.05) is 26.2 Å². The Hall–Kier alpha value is -1.63. The fourth-order valence-electron chi connectivity index (χ4n) is 4.27. The van der Waals surface area contributed by atoms with Gasteiger partial charge in [-0.05, 0) is 40.0 Å². The predicted octanol–water partition coefficient (Wildman–Crippen LogP) is 3.04. The average Bonchev–Trinajstić information content (AvgIpc) is 3.28. The third-order valence-corrected chi connectivity index (χ3v) is 6.88. The third kappa shape index (κ3) is 5.69. The fourth-order valence-corrected chi connectivity index (χ4v) is 5.20. The number of amides is 1. The number of thiazole rings is 1. The molecule has 6 nitrogen and oxygen atoms in total. The summed E-state index contributed by atoms with van der Waals surface area (Å²) >= 11 is 1.76. The number of guanidine groups is 1. The summed E-state index contributed by atoms with van der Waals surface area (Å²) in [5.41, 5.74) is 1.13. The largest absolute Gasteiger partial charge is 0.357 e. The number of rotatable bonds is 6. The molecule has 1 atom stereocenters. The highest BCUT2D eigenvalue weighted by Crippen LogP contribution is 2.26. The standard InChI is InChI=1S/C21H35N5OS/c1-4-22-21(23-12-10-19-15(2)24-16(3)28-19)25-18-11-13-26(14-18)20(27)17-8-6-5-7-9-17/h17-18H,4-14H2,1-3H3,(H2,22,23,25). The molecule has 0 bridgehead atoms. The van der Waals surface area contributed by atoms with Crippen molar-refractivity contribution in [1.82, 2.24) is 20.5 Å². The van der Waals surface area contributed by atoms with E-state index in [9.17, 15) is 4.79 Å². The first-order valence-electron chi connectivity index (χ1n) is 10.8. The summed E-state index contributed by atoms with van der Waals surface area (Å²) in [5, 5.41) is 8.01. The monoisotopic (exact) mass is 405 g/mol. The first-order chi connectivity index (χ1) is 13.6. The normalized spacial score (nSPS) is 21.2. The van der Waals surface area contributed by atoms with E-state index in [0.29, 0.717) is 5.91 Å². The molecular weight excluding hydrogens is 370 g/mol. The Morgan fingerprint density at radius 2 is 2.04 bits per heavy atom. The van der Waals surface area contributed by atoms with Crippen molar-refractivity contribution in [3.05, 3.63) is 15.6 Å².